The summed E-state index contributed by atoms with van der Waals surface area (Å²) in [6.07, 6.45) is -6.56. The average Bonchev–Trinajstić information content (AvgIpc) is 2.33. The summed E-state index contributed by atoms with van der Waals surface area (Å²) in [5.74, 6) is -5.24. The van der Waals surface area contributed by atoms with Crippen molar-refractivity contribution in [3.05, 3.63) is 0 Å². The molecule has 0 aromatic rings. The zero-order chi connectivity index (χ0) is 12.4. The third-order valence-electron chi connectivity index (χ3n) is 1.71. The molecule has 1 N–H and O–H groups in total. The first-order valence-corrected chi connectivity index (χ1v) is 4.21. The van der Waals surface area contributed by atoms with Gasteiger partial charge in [-0.2, -0.15) is 27.4 Å². The fourth-order valence-electron chi connectivity index (χ4n) is 1.05. The molecule has 1 aliphatic rings. The van der Waals surface area contributed by atoms with E-state index in [-0.39, 0.29) is 0 Å². The maximum Gasteiger partial charge on any atom is 0.413 e. The number of halogens is 5. The number of hydrogen-bond donors (Lipinski definition) is 1. The van der Waals surface area contributed by atoms with Crippen molar-refractivity contribution in [2.24, 2.45) is 0 Å². The number of hydrogen-bond acceptors (Lipinski definition) is 4. The summed E-state index contributed by atoms with van der Waals surface area (Å²) in [6.45, 7) is -1.97. The van der Waals surface area contributed by atoms with Crippen LogP contribution in [0.25, 0.3) is 0 Å². The summed E-state index contributed by atoms with van der Waals surface area (Å²) < 4.78 is 64.0. The standard InChI is InChI=1S/C7H8F5NO3/c8-6(9)1-4(16-5(6)14)2-13-15-3-7(10,11)12/h4,13H,1-3H2. The molecule has 16 heavy (non-hydrogen) atoms. The molecule has 0 aliphatic carbocycles. The van der Waals surface area contributed by atoms with Gasteiger partial charge in [-0.15, -0.1) is 0 Å². The van der Waals surface area contributed by atoms with Gasteiger partial charge in [0.05, 0.1) is 13.0 Å². The van der Waals surface area contributed by atoms with Crippen molar-refractivity contribution in [3.8, 4) is 0 Å². The Morgan fingerprint density at radius 2 is 2.12 bits per heavy atom. The first-order valence-electron chi connectivity index (χ1n) is 4.21. The maximum atomic E-state index is 12.6. The number of ether oxygens (including phenoxy) is 1. The van der Waals surface area contributed by atoms with E-state index in [4.69, 9.17) is 0 Å². The topological polar surface area (TPSA) is 47.6 Å². The second kappa shape index (κ2) is 4.50. The van der Waals surface area contributed by atoms with Crippen LogP contribution < -0.4 is 5.48 Å². The summed E-state index contributed by atoms with van der Waals surface area (Å²) >= 11 is 0. The Morgan fingerprint density at radius 1 is 1.50 bits per heavy atom. The molecule has 1 saturated heterocycles. The lowest BCUT2D eigenvalue weighted by atomic mass is 10.2. The Morgan fingerprint density at radius 3 is 2.56 bits per heavy atom. The zero-order valence-electron chi connectivity index (χ0n) is 7.81. The Hall–Kier alpha value is -0.960. The molecule has 0 radical (unpaired) electrons. The van der Waals surface area contributed by atoms with Gasteiger partial charge < -0.3 is 4.74 Å². The second-order valence-corrected chi connectivity index (χ2v) is 3.19. The van der Waals surface area contributed by atoms with Crippen LogP contribution in [-0.4, -0.2) is 37.3 Å². The van der Waals surface area contributed by atoms with Crippen LogP contribution in [0.3, 0.4) is 0 Å². The van der Waals surface area contributed by atoms with Crippen LogP contribution in [0.1, 0.15) is 6.42 Å². The number of alkyl halides is 5. The Labute approximate surface area is 86.6 Å². The normalized spacial score (nSPS) is 24.6. The van der Waals surface area contributed by atoms with E-state index < -0.39 is 43.7 Å². The van der Waals surface area contributed by atoms with Crippen LogP contribution >= 0.6 is 0 Å². The van der Waals surface area contributed by atoms with Crippen LogP contribution in [0.5, 0.6) is 0 Å². The summed E-state index contributed by atoms with van der Waals surface area (Å²) in [7, 11) is 0. The summed E-state index contributed by atoms with van der Waals surface area (Å²) in [6, 6.07) is 0. The van der Waals surface area contributed by atoms with Crippen LogP contribution in [0.2, 0.25) is 0 Å². The van der Waals surface area contributed by atoms with Crippen LogP contribution in [0, 0.1) is 0 Å². The molecular weight excluding hydrogens is 241 g/mol. The molecule has 0 saturated carbocycles. The largest absolute Gasteiger partial charge is 0.456 e. The van der Waals surface area contributed by atoms with Crippen molar-refractivity contribution in [2.75, 3.05) is 13.2 Å². The molecule has 94 valence electrons. The second-order valence-electron chi connectivity index (χ2n) is 3.19. The van der Waals surface area contributed by atoms with Gasteiger partial charge in [0.1, 0.15) is 6.10 Å². The molecule has 1 rings (SSSR count). The summed E-state index contributed by atoms with van der Waals surface area (Å²) in [5, 5.41) is 0. The third-order valence-corrected chi connectivity index (χ3v) is 1.71. The minimum absolute atomic E-state index is 0.419. The fourth-order valence-corrected chi connectivity index (χ4v) is 1.05. The SMILES string of the molecule is O=C1OC(CNOCC(F)(F)F)CC1(F)F. The fraction of sp³-hybridized carbons (Fsp3) is 0.857. The first-order chi connectivity index (χ1) is 7.21. The number of esters is 1. The van der Waals surface area contributed by atoms with Crippen molar-refractivity contribution in [3.63, 3.8) is 0 Å². The van der Waals surface area contributed by atoms with E-state index in [1.165, 1.54) is 0 Å². The summed E-state index contributed by atoms with van der Waals surface area (Å²) in [5.41, 5.74) is 1.81. The van der Waals surface area contributed by atoms with E-state index in [1.54, 1.807) is 0 Å². The minimum Gasteiger partial charge on any atom is -0.456 e. The average molecular weight is 249 g/mol. The summed E-state index contributed by atoms with van der Waals surface area (Å²) in [4.78, 5) is 14.4. The molecule has 0 spiro atoms. The van der Waals surface area contributed by atoms with Gasteiger partial charge in [0.15, 0.2) is 6.61 Å². The third kappa shape index (κ3) is 3.89. The molecule has 1 heterocycles. The molecule has 0 aromatic heterocycles. The lowest BCUT2D eigenvalue weighted by Crippen LogP contribution is -2.31. The molecule has 9 heteroatoms. The maximum absolute atomic E-state index is 12.6. The predicted molar refractivity (Wildman–Crippen MR) is 39.5 cm³/mol. The number of nitrogens with one attached hydrogen (secondary N) is 1. The molecule has 1 aliphatic heterocycles. The number of rotatable bonds is 4. The van der Waals surface area contributed by atoms with E-state index in [1.807, 2.05) is 5.48 Å². The van der Waals surface area contributed by atoms with Crippen molar-refractivity contribution >= 4 is 5.97 Å². The van der Waals surface area contributed by atoms with E-state index in [9.17, 15) is 26.7 Å². The van der Waals surface area contributed by atoms with Crippen molar-refractivity contribution in [2.45, 2.75) is 24.6 Å². The van der Waals surface area contributed by atoms with Gasteiger partial charge in [-0.3, -0.25) is 4.84 Å². The molecule has 0 aromatic carbocycles. The van der Waals surface area contributed by atoms with Gasteiger partial charge >= 0.3 is 18.1 Å². The highest BCUT2D eigenvalue weighted by Gasteiger charge is 2.50. The van der Waals surface area contributed by atoms with Crippen LogP contribution in [0.4, 0.5) is 22.0 Å². The van der Waals surface area contributed by atoms with Crippen molar-refractivity contribution < 1.29 is 36.3 Å². The predicted octanol–water partition coefficient (Wildman–Crippen LogP) is 1.02. The quantitative estimate of drug-likeness (QED) is 0.350. The Kier molecular flexibility index (Phi) is 3.68. The number of carbonyl (C=O) groups excluding carboxylic acids is 1. The first kappa shape index (κ1) is 13.1. The Bertz CT molecular complexity index is 267. The van der Waals surface area contributed by atoms with Gasteiger partial charge in [-0.05, 0) is 0 Å². The molecule has 1 atom stereocenters. The Balaban J connectivity index is 2.19. The van der Waals surface area contributed by atoms with Crippen molar-refractivity contribution in [1.82, 2.24) is 5.48 Å². The highest BCUT2D eigenvalue weighted by atomic mass is 19.4. The number of carbonyl (C=O) groups is 1. The smallest absolute Gasteiger partial charge is 0.413 e. The molecule has 1 fully saturated rings. The zero-order valence-corrected chi connectivity index (χ0v) is 7.81. The number of cyclic esters (lactones) is 1. The lowest BCUT2D eigenvalue weighted by molar-refractivity contribution is -0.191. The molecular formula is C7H8F5NO3. The highest BCUT2D eigenvalue weighted by Crippen LogP contribution is 2.30. The van der Waals surface area contributed by atoms with Gasteiger partial charge in [-0.25, -0.2) is 4.79 Å². The van der Waals surface area contributed by atoms with Gasteiger partial charge in [0, 0.05) is 0 Å². The van der Waals surface area contributed by atoms with Crippen LogP contribution in [-0.2, 0) is 14.4 Å². The van der Waals surface area contributed by atoms with Crippen molar-refractivity contribution in [1.29, 1.82) is 0 Å². The molecule has 0 amide bonds. The van der Waals surface area contributed by atoms with E-state index in [0.717, 1.165) is 0 Å². The van der Waals surface area contributed by atoms with E-state index in [2.05, 4.69) is 9.57 Å². The van der Waals surface area contributed by atoms with Gasteiger partial charge in [0.25, 0.3) is 0 Å². The molecule has 4 nitrogen and oxygen atoms in total. The highest BCUT2D eigenvalue weighted by molar-refractivity contribution is 5.79. The van der Waals surface area contributed by atoms with Gasteiger partial charge in [-0.1, -0.05) is 0 Å². The van der Waals surface area contributed by atoms with E-state index >= 15 is 0 Å². The lowest BCUT2D eigenvalue weighted by Gasteiger charge is -2.11. The monoisotopic (exact) mass is 249 g/mol. The number of hydroxylamine groups is 1. The minimum atomic E-state index is -4.51. The van der Waals surface area contributed by atoms with E-state index in [0.29, 0.717) is 0 Å². The molecule has 0 bridgehead atoms. The van der Waals surface area contributed by atoms with Crippen LogP contribution in [0.15, 0.2) is 0 Å². The molecule has 1 unspecified atom stereocenters. The van der Waals surface area contributed by atoms with Gasteiger partial charge in [0.2, 0.25) is 0 Å².